The van der Waals surface area contributed by atoms with E-state index < -0.39 is 51.3 Å². The van der Waals surface area contributed by atoms with Crippen molar-refractivity contribution in [3.05, 3.63) is 35.9 Å². The maximum atomic E-state index is 15.9. The SMILES string of the molecule is CS(=O)(=O)C(F)(ONC(=O)c1ccccc1)C1(C(F)(F)F)CCCC(C2CC2)C1. The molecule has 2 fully saturated rings. The lowest BCUT2D eigenvalue weighted by Gasteiger charge is -2.48. The van der Waals surface area contributed by atoms with Crippen LogP contribution in [0.5, 0.6) is 0 Å². The fourth-order valence-corrected chi connectivity index (χ4v) is 5.48. The summed E-state index contributed by atoms with van der Waals surface area (Å²) in [5.41, 5.74) is -1.66. The third-order valence-corrected chi connectivity index (χ3v) is 7.41. The van der Waals surface area contributed by atoms with E-state index >= 15 is 4.39 Å². The highest BCUT2D eigenvalue weighted by Crippen LogP contribution is 2.62. The van der Waals surface area contributed by atoms with Crippen molar-refractivity contribution in [3.8, 4) is 0 Å². The van der Waals surface area contributed by atoms with E-state index in [1.807, 2.05) is 0 Å². The molecular weight excluding hydrogens is 414 g/mol. The van der Waals surface area contributed by atoms with Gasteiger partial charge in [-0.3, -0.25) is 4.79 Å². The molecule has 10 heteroatoms. The van der Waals surface area contributed by atoms with Crippen LogP contribution in [0.2, 0.25) is 0 Å². The zero-order valence-corrected chi connectivity index (χ0v) is 16.7. The topological polar surface area (TPSA) is 72.5 Å². The van der Waals surface area contributed by atoms with Crippen LogP contribution in [0, 0.1) is 17.3 Å². The summed E-state index contributed by atoms with van der Waals surface area (Å²) >= 11 is 0. The number of carbonyl (C=O) groups excluding carboxylic acids is 1. The molecule has 2 saturated carbocycles. The van der Waals surface area contributed by atoms with Crippen LogP contribution in [0.15, 0.2) is 30.3 Å². The van der Waals surface area contributed by atoms with Gasteiger partial charge in [0.1, 0.15) is 5.41 Å². The molecule has 3 atom stereocenters. The molecular formula is C19H23F4NO4S. The van der Waals surface area contributed by atoms with Crippen LogP contribution in [0.4, 0.5) is 17.6 Å². The summed E-state index contributed by atoms with van der Waals surface area (Å²) < 4.78 is 83.2. The highest BCUT2D eigenvalue weighted by molar-refractivity contribution is 7.91. The van der Waals surface area contributed by atoms with Gasteiger partial charge in [-0.1, -0.05) is 31.0 Å². The minimum absolute atomic E-state index is 0.0103. The number of alkyl halides is 4. The summed E-state index contributed by atoms with van der Waals surface area (Å²) in [4.78, 5) is 16.7. The van der Waals surface area contributed by atoms with E-state index in [9.17, 15) is 26.4 Å². The Labute approximate surface area is 166 Å². The third-order valence-electron chi connectivity index (χ3n) is 5.98. The monoisotopic (exact) mass is 437 g/mol. The first-order chi connectivity index (χ1) is 13.4. The minimum atomic E-state index is -5.18. The van der Waals surface area contributed by atoms with Crippen molar-refractivity contribution in [2.75, 3.05) is 6.26 Å². The molecule has 2 aliphatic carbocycles. The first-order valence-electron chi connectivity index (χ1n) is 9.40. The fourth-order valence-electron chi connectivity index (χ4n) is 4.27. The average molecular weight is 437 g/mol. The Balaban J connectivity index is 1.96. The molecule has 0 radical (unpaired) electrons. The van der Waals surface area contributed by atoms with Crippen LogP contribution in [0.25, 0.3) is 0 Å². The van der Waals surface area contributed by atoms with Crippen LogP contribution in [0.1, 0.15) is 48.9 Å². The number of halogens is 4. The van der Waals surface area contributed by atoms with Gasteiger partial charge in [0.25, 0.3) is 5.91 Å². The Hall–Kier alpha value is -1.68. The summed E-state index contributed by atoms with van der Waals surface area (Å²) in [6, 6.07) is 7.26. The molecule has 0 spiro atoms. The second-order valence-corrected chi connectivity index (χ2v) is 10.1. The highest BCUT2D eigenvalue weighted by Gasteiger charge is 2.75. The number of benzene rings is 1. The van der Waals surface area contributed by atoms with Gasteiger partial charge in [0, 0.05) is 11.8 Å². The third kappa shape index (κ3) is 4.01. The zero-order valence-electron chi connectivity index (χ0n) is 15.8. The number of rotatable bonds is 6. The number of hydrogen-bond donors (Lipinski definition) is 1. The normalized spacial score (nSPS) is 27.8. The number of hydrogen-bond acceptors (Lipinski definition) is 4. The molecule has 3 rings (SSSR count). The summed E-state index contributed by atoms with van der Waals surface area (Å²) in [6.45, 7) is 0. The Morgan fingerprint density at radius 1 is 1.10 bits per heavy atom. The van der Waals surface area contributed by atoms with E-state index in [-0.39, 0.29) is 17.9 Å². The molecule has 0 heterocycles. The molecule has 3 unspecified atom stereocenters. The number of hydroxylamine groups is 1. The number of carbonyl (C=O) groups is 1. The Morgan fingerprint density at radius 2 is 1.72 bits per heavy atom. The van der Waals surface area contributed by atoms with Crippen molar-refractivity contribution in [2.45, 2.75) is 49.9 Å². The predicted molar refractivity (Wildman–Crippen MR) is 96.8 cm³/mol. The lowest BCUT2D eigenvalue weighted by Crippen LogP contribution is -2.63. The first-order valence-corrected chi connectivity index (χ1v) is 11.3. The van der Waals surface area contributed by atoms with Crippen molar-refractivity contribution < 1.29 is 35.6 Å². The predicted octanol–water partition coefficient (Wildman–Crippen LogP) is 4.16. The molecule has 0 aliphatic heterocycles. The van der Waals surface area contributed by atoms with E-state index in [0.717, 1.165) is 12.8 Å². The summed E-state index contributed by atoms with van der Waals surface area (Å²) in [7, 11) is -5.04. The molecule has 2 aliphatic rings. The number of nitrogens with one attached hydrogen (secondary N) is 1. The maximum Gasteiger partial charge on any atom is 0.401 e. The van der Waals surface area contributed by atoms with Crippen molar-refractivity contribution >= 4 is 15.7 Å². The van der Waals surface area contributed by atoms with Gasteiger partial charge in [-0.2, -0.15) is 17.6 Å². The molecule has 162 valence electrons. The number of sulfone groups is 1. The van der Waals surface area contributed by atoms with Crippen molar-refractivity contribution in [1.29, 1.82) is 0 Å². The molecule has 0 aromatic heterocycles. The van der Waals surface area contributed by atoms with Crippen LogP contribution < -0.4 is 5.48 Å². The molecule has 5 nitrogen and oxygen atoms in total. The fraction of sp³-hybridized carbons (Fsp3) is 0.632. The van der Waals surface area contributed by atoms with Gasteiger partial charge in [0.2, 0.25) is 9.84 Å². The Kier molecular flexibility index (Phi) is 5.72. The van der Waals surface area contributed by atoms with Crippen LogP contribution >= 0.6 is 0 Å². The van der Waals surface area contributed by atoms with E-state index in [1.165, 1.54) is 24.3 Å². The van der Waals surface area contributed by atoms with Gasteiger partial charge < -0.3 is 0 Å². The average Bonchev–Trinajstić information content (AvgIpc) is 3.50. The van der Waals surface area contributed by atoms with Gasteiger partial charge in [-0.05, 0) is 49.7 Å². The lowest BCUT2D eigenvalue weighted by atomic mass is 9.67. The molecule has 1 N–H and O–H groups in total. The zero-order chi connectivity index (χ0) is 21.5. The van der Waals surface area contributed by atoms with Crippen molar-refractivity contribution in [3.63, 3.8) is 0 Å². The van der Waals surface area contributed by atoms with Crippen LogP contribution in [0.3, 0.4) is 0 Å². The molecule has 1 aromatic carbocycles. The van der Waals surface area contributed by atoms with E-state index in [2.05, 4.69) is 4.84 Å². The second kappa shape index (κ2) is 7.54. The van der Waals surface area contributed by atoms with Gasteiger partial charge >= 0.3 is 11.4 Å². The smallest absolute Gasteiger partial charge is 0.267 e. The lowest BCUT2D eigenvalue weighted by molar-refractivity contribution is -0.325. The Morgan fingerprint density at radius 3 is 2.24 bits per heavy atom. The van der Waals surface area contributed by atoms with Crippen molar-refractivity contribution in [2.24, 2.45) is 17.3 Å². The summed E-state index contributed by atoms with van der Waals surface area (Å²) in [5, 5.41) is -4.14. The van der Waals surface area contributed by atoms with Gasteiger partial charge in [-0.25, -0.2) is 18.7 Å². The molecule has 0 saturated heterocycles. The van der Waals surface area contributed by atoms with Crippen molar-refractivity contribution in [1.82, 2.24) is 5.48 Å². The van der Waals surface area contributed by atoms with E-state index in [4.69, 9.17) is 0 Å². The van der Waals surface area contributed by atoms with Gasteiger partial charge in [0.15, 0.2) is 0 Å². The van der Waals surface area contributed by atoms with Crippen LogP contribution in [-0.4, -0.2) is 31.9 Å². The van der Waals surface area contributed by atoms with E-state index in [0.29, 0.717) is 12.7 Å². The summed E-state index contributed by atoms with van der Waals surface area (Å²) in [6.07, 6.45) is -4.23. The maximum absolute atomic E-state index is 15.9. The quantitative estimate of drug-likeness (QED) is 0.536. The minimum Gasteiger partial charge on any atom is -0.267 e. The number of amides is 1. The van der Waals surface area contributed by atoms with Crippen LogP contribution in [-0.2, 0) is 14.7 Å². The Bertz CT molecular complexity index is 857. The molecule has 1 amide bonds. The second-order valence-electron chi connectivity index (χ2n) is 7.98. The standard InChI is InChI=1S/C19H23F4NO4S/c1-29(26,27)19(23,28-24-16(25)14-6-3-2-4-7-14)17(18(20,21)22)11-5-8-15(12-17)13-9-10-13/h2-4,6-7,13,15H,5,8-12H2,1H3,(H,24,25). The first kappa shape index (κ1) is 22.0. The summed E-state index contributed by atoms with van der Waals surface area (Å²) in [5.74, 6) is -1.43. The van der Waals surface area contributed by atoms with Gasteiger partial charge in [0.05, 0.1) is 0 Å². The van der Waals surface area contributed by atoms with Gasteiger partial charge in [-0.15, -0.1) is 0 Å². The van der Waals surface area contributed by atoms with E-state index in [1.54, 1.807) is 11.5 Å². The molecule has 29 heavy (non-hydrogen) atoms. The largest absolute Gasteiger partial charge is 0.401 e. The highest BCUT2D eigenvalue weighted by atomic mass is 32.2. The molecule has 0 bridgehead atoms. The molecule has 1 aromatic rings.